The first-order valence-corrected chi connectivity index (χ1v) is 16.3. The topological polar surface area (TPSA) is 69.4 Å². The third-order valence-electron chi connectivity index (χ3n) is 14.4. The van der Waals surface area contributed by atoms with Crippen LogP contribution in [0.3, 0.4) is 0 Å². The van der Waals surface area contributed by atoms with E-state index >= 15 is 0 Å². The van der Waals surface area contributed by atoms with E-state index in [9.17, 15) is 9.59 Å². The van der Waals surface area contributed by atoms with Crippen LogP contribution in [0.4, 0.5) is 0 Å². The fourth-order valence-electron chi connectivity index (χ4n) is 11.3. The van der Waals surface area contributed by atoms with Crippen molar-refractivity contribution in [1.29, 1.82) is 0 Å². The maximum absolute atomic E-state index is 14.5. The molecule has 0 radical (unpaired) electrons. The molecule has 0 amide bonds. The third-order valence-corrected chi connectivity index (χ3v) is 14.4. The van der Waals surface area contributed by atoms with Crippen molar-refractivity contribution < 1.29 is 14.3 Å². The summed E-state index contributed by atoms with van der Waals surface area (Å²) in [6, 6.07) is 10.2. The molecule has 1 aromatic carbocycles. The Morgan fingerprint density at radius 2 is 1.59 bits per heavy atom. The maximum Gasteiger partial charge on any atom is 0.312 e. The highest BCUT2D eigenvalue weighted by molar-refractivity contribution is 5.95. The van der Waals surface area contributed by atoms with Gasteiger partial charge in [0.1, 0.15) is 6.61 Å². The molecule has 4 fully saturated rings. The molecule has 0 saturated heterocycles. The number of rotatable bonds is 3. The van der Waals surface area contributed by atoms with Gasteiger partial charge in [-0.05, 0) is 115 Å². The Morgan fingerprint density at radius 3 is 2.29 bits per heavy atom. The highest BCUT2D eigenvalue weighted by Gasteiger charge is 2.70. The fourth-order valence-corrected chi connectivity index (χ4v) is 11.3. The highest BCUT2D eigenvalue weighted by Crippen LogP contribution is 2.75. The summed E-state index contributed by atoms with van der Waals surface area (Å²) in [5.74, 6) is 0.987. The molecular formula is C37H53NO3. The molecular weight excluding hydrogens is 506 g/mol. The highest BCUT2D eigenvalue weighted by atomic mass is 16.5. The van der Waals surface area contributed by atoms with Gasteiger partial charge in [0.2, 0.25) is 0 Å². The second-order valence-corrected chi connectivity index (χ2v) is 16.8. The molecule has 4 heteroatoms. The number of benzene rings is 1. The quantitative estimate of drug-likeness (QED) is 0.381. The van der Waals surface area contributed by atoms with Crippen molar-refractivity contribution in [2.24, 2.45) is 56.0 Å². The number of fused-ring (bicyclic) bond motifs is 7. The van der Waals surface area contributed by atoms with Crippen LogP contribution >= 0.6 is 0 Å². The standard InChI is InChI=1S/C37H53NO3/c1-32(2)28-13-16-37(7)30(35(28,5)15-14-29(32)38)27(39)21-25-26-22-34(4,18-17-33(26,3)19-20-36(25,37)6)31(40)41-23-24-11-9-8-10-12-24/h8-12,21,26,28-30H,13-20,22-23,38H2,1-7H3/t26?,28-,29-,30?,33+,34-,35-,36+,37+/m0/s1. The first-order valence-electron chi connectivity index (χ1n) is 16.3. The minimum Gasteiger partial charge on any atom is -0.460 e. The van der Waals surface area contributed by atoms with Crippen molar-refractivity contribution in [3.63, 3.8) is 0 Å². The molecule has 4 saturated carbocycles. The van der Waals surface area contributed by atoms with Crippen molar-refractivity contribution in [2.45, 2.75) is 119 Å². The van der Waals surface area contributed by atoms with E-state index in [0.29, 0.717) is 18.3 Å². The lowest BCUT2D eigenvalue weighted by Gasteiger charge is -2.70. The summed E-state index contributed by atoms with van der Waals surface area (Å²) in [4.78, 5) is 28.2. The number of carbonyl (C=O) groups excluding carboxylic acids is 2. The van der Waals surface area contributed by atoms with Crippen LogP contribution in [0, 0.1) is 50.2 Å². The first kappa shape index (κ1) is 29.1. The minimum absolute atomic E-state index is 0.0302. The van der Waals surface area contributed by atoms with Crippen LogP contribution in [-0.4, -0.2) is 17.8 Å². The van der Waals surface area contributed by atoms with Crippen LogP contribution < -0.4 is 5.73 Å². The smallest absolute Gasteiger partial charge is 0.312 e. The molecule has 2 N–H and O–H groups in total. The summed E-state index contributed by atoms with van der Waals surface area (Å²) >= 11 is 0. The van der Waals surface area contributed by atoms with Crippen molar-refractivity contribution in [3.8, 4) is 0 Å². The normalized spacial score (nSPS) is 46.7. The third kappa shape index (κ3) is 4.01. The number of carbonyl (C=O) groups is 2. The molecule has 5 aliphatic rings. The van der Waals surface area contributed by atoms with E-state index < -0.39 is 5.41 Å². The minimum atomic E-state index is -0.536. The Kier molecular flexibility index (Phi) is 6.60. The van der Waals surface area contributed by atoms with Crippen molar-refractivity contribution in [1.82, 2.24) is 0 Å². The van der Waals surface area contributed by atoms with Gasteiger partial charge in [-0.15, -0.1) is 0 Å². The Balaban J connectivity index is 1.34. The van der Waals surface area contributed by atoms with Crippen molar-refractivity contribution in [3.05, 3.63) is 47.5 Å². The predicted molar refractivity (Wildman–Crippen MR) is 164 cm³/mol. The monoisotopic (exact) mass is 559 g/mol. The number of ether oxygens (including phenoxy) is 1. The van der Waals surface area contributed by atoms with Crippen LogP contribution in [-0.2, 0) is 20.9 Å². The van der Waals surface area contributed by atoms with E-state index in [0.717, 1.165) is 63.4 Å². The van der Waals surface area contributed by atoms with Gasteiger partial charge in [0, 0.05) is 12.0 Å². The lowest BCUT2D eigenvalue weighted by atomic mass is 9.33. The molecule has 9 atom stereocenters. The van der Waals surface area contributed by atoms with Crippen LogP contribution in [0.15, 0.2) is 42.0 Å². The zero-order chi connectivity index (χ0) is 29.6. The van der Waals surface area contributed by atoms with Gasteiger partial charge in [-0.25, -0.2) is 0 Å². The summed E-state index contributed by atoms with van der Waals surface area (Å²) in [7, 11) is 0. The SMILES string of the molecule is CC1(C)[C@@H](N)CC[C@]2(C)C3C(=O)C=C4C5C[C@@](C)(C(=O)OCc6ccccc6)CC[C@]5(C)CC[C@@]4(C)[C@]3(C)CC[C@@H]12. The molecule has 4 nitrogen and oxygen atoms in total. The number of esters is 1. The van der Waals surface area contributed by atoms with Crippen LogP contribution in [0.1, 0.15) is 112 Å². The van der Waals surface area contributed by atoms with E-state index in [-0.39, 0.29) is 50.9 Å². The van der Waals surface area contributed by atoms with Gasteiger partial charge < -0.3 is 10.5 Å². The molecule has 1 aromatic rings. The molecule has 224 valence electrons. The average Bonchev–Trinajstić information content (AvgIpc) is 2.92. The molecule has 5 aliphatic carbocycles. The molecule has 41 heavy (non-hydrogen) atoms. The Hall–Kier alpha value is -1.94. The van der Waals surface area contributed by atoms with E-state index in [2.05, 4.69) is 54.5 Å². The van der Waals surface area contributed by atoms with Crippen LogP contribution in [0.25, 0.3) is 0 Å². The number of nitrogens with two attached hydrogens (primary N) is 1. The summed E-state index contributed by atoms with van der Waals surface area (Å²) in [6.07, 6.45) is 11.3. The Morgan fingerprint density at radius 1 is 0.902 bits per heavy atom. The van der Waals surface area contributed by atoms with E-state index in [1.807, 2.05) is 30.3 Å². The Bertz CT molecular complexity index is 1270. The number of ketones is 1. The molecule has 0 bridgehead atoms. The second kappa shape index (κ2) is 9.28. The van der Waals surface area contributed by atoms with Crippen molar-refractivity contribution in [2.75, 3.05) is 0 Å². The largest absolute Gasteiger partial charge is 0.460 e. The lowest BCUT2D eigenvalue weighted by Crippen LogP contribution is -2.67. The van der Waals surface area contributed by atoms with Gasteiger partial charge in [0.25, 0.3) is 0 Å². The van der Waals surface area contributed by atoms with Crippen LogP contribution in [0.5, 0.6) is 0 Å². The molecule has 0 spiro atoms. The predicted octanol–water partition coefficient (Wildman–Crippen LogP) is 8.04. The van der Waals surface area contributed by atoms with Crippen LogP contribution in [0.2, 0.25) is 0 Å². The average molecular weight is 560 g/mol. The molecule has 0 aromatic heterocycles. The zero-order valence-electron chi connectivity index (χ0n) is 26.6. The molecule has 2 unspecified atom stereocenters. The molecule has 0 aliphatic heterocycles. The fraction of sp³-hybridized carbons (Fsp3) is 0.730. The Labute approximate surface area is 248 Å². The number of hydrogen-bond acceptors (Lipinski definition) is 4. The second-order valence-electron chi connectivity index (χ2n) is 16.8. The summed E-state index contributed by atoms with van der Waals surface area (Å²) < 4.78 is 5.94. The van der Waals surface area contributed by atoms with Crippen molar-refractivity contribution >= 4 is 11.8 Å². The summed E-state index contributed by atoms with van der Waals surface area (Å²) in [5.41, 5.74) is 8.54. The van der Waals surface area contributed by atoms with Gasteiger partial charge in [0.15, 0.2) is 5.78 Å². The van der Waals surface area contributed by atoms with Gasteiger partial charge in [0.05, 0.1) is 5.41 Å². The van der Waals surface area contributed by atoms with E-state index in [1.54, 1.807) is 0 Å². The van der Waals surface area contributed by atoms with E-state index in [1.165, 1.54) is 5.57 Å². The maximum atomic E-state index is 14.5. The van der Waals surface area contributed by atoms with Gasteiger partial charge in [-0.3, -0.25) is 9.59 Å². The van der Waals surface area contributed by atoms with Gasteiger partial charge in [-0.1, -0.05) is 77.4 Å². The first-order chi connectivity index (χ1) is 19.1. The summed E-state index contributed by atoms with van der Waals surface area (Å²) in [6.45, 7) is 16.9. The van der Waals surface area contributed by atoms with E-state index in [4.69, 9.17) is 10.5 Å². The van der Waals surface area contributed by atoms with Gasteiger partial charge >= 0.3 is 5.97 Å². The molecule has 6 rings (SSSR count). The zero-order valence-corrected chi connectivity index (χ0v) is 26.6. The number of hydrogen-bond donors (Lipinski definition) is 1. The van der Waals surface area contributed by atoms with Gasteiger partial charge in [-0.2, -0.15) is 0 Å². The lowest BCUT2D eigenvalue weighted by molar-refractivity contribution is -0.188. The molecule has 0 heterocycles. The number of allylic oxidation sites excluding steroid dienone is 2. The summed E-state index contributed by atoms with van der Waals surface area (Å²) in [5, 5.41) is 0.